The smallest absolute Gasteiger partial charge is 0.464 e. The number of hydrogen-bond donors (Lipinski definition) is 1. The number of hydrogen-bond acceptors (Lipinski definition) is 11. The highest BCUT2D eigenvalue weighted by molar-refractivity contribution is 6.60. The van der Waals surface area contributed by atoms with Crippen molar-refractivity contribution < 1.29 is 32.5 Å². The van der Waals surface area contributed by atoms with E-state index in [1.54, 1.807) is 0 Å². The van der Waals surface area contributed by atoms with Gasteiger partial charge in [0.2, 0.25) is 5.91 Å². The number of esters is 1. The zero-order valence-corrected chi connectivity index (χ0v) is 26.5. The first kappa shape index (κ1) is 35.5. The van der Waals surface area contributed by atoms with Gasteiger partial charge in [-0.2, -0.15) is 10.2 Å². The molecule has 2 rings (SSSR count). The van der Waals surface area contributed by atoms with E-state index in [9.17, 15) is 19.7 Å². The average Bonchev–Trinajstić information content (AvgIpc) is 3.00. The van der Waals surface area contributed by atoms with Crippen molar-refractivity contribution >= 4 is 43.4 Å². The van der Waals surface area contributed by atoms with Crippen molar-refractivity contribution in [2.75, 3.05) is 51.0 Å². The van der Waals surface area contributed by atoms with Gasteiger partial charge in [-0.05, 0) is 70.5 Å². The number of rotatable bonds is 21. The van der Waals surface area contributed by atoms with E-state index >= 15 is 0 Å². The van der Waals surface area contributed by atoms with Crippen molar-refractivity contribution in [3.05, 3.63) is 58.6 Å². The van der Waals surface area contributed by atoms with Crippen LogP contribution in [0.2, 0.25) is 6.04 Å². The second-order valence-electron chi connectivity index (χ2n) is 9.23. The largest absolute Gasteiger partial charge is 0.500 e. The van der Waals surface area contributed by atoms with Gasteiger partial charge in [-0.15, -0.1) is 0 Å². The first-order valence-electron chi connectivity index (χ1n) is 14.6. The molecular formula is C29H43N5O8Si. The van der Waals surface area contributed by atoms with Crippen LogP contribution >= 0.6 is 0 Å². The third-order valence-electron chi connectivity index (χ3n) is 6.19. The summed E-state index contributed by atoms with van der Waals surface area (Å²) in [5.41, 5.74) is 2.06. The van der Waals surface area contributed by atoms with E-state index in [4.69, 9.17) is 18.0 Å². The molecule has 43 heavy (non-hydrogen) atoms. The number of carbonyl (C=O) groups is 2. The van der Waals surface area contributed by atoms with Gasteiger partial charge >= 0.3 is 14.8 Å². The number of non-ortho nitro benzene ring substituents is 1. The Kier molecular flexibility index (Phi) is 16.1. The van der Waals surface area contributed by atoms with Crippen LogP contribution in [0.25, 0.3) is 0 Å². The Bertz CT molecular complexity index is 1150. The summed E-state index contributed by atoms with van der Waals surface area (Å²) in [6.45, 7) is 11.0. The molecule has 1 N–H and O–H groups in total. The van der Waals surface area contributed by atoms with Crippen LogP contribution in [0, 0.1) is 10.1 Å². The molecule has 0 aromatic heterocycles. The lowest BCUT2D eigenvalue weighted by atomic mass is 10.2. The summed E-state index contributed by atoms with van der Waals surface area (Å²) in [5.74, 6) is -0.641. The lowest BCUT2D eigenvalue weighted by Gasteiger charge is -2.28. The van der Waals surface area contributed by atoms with Gasteiger partial charge in [-0.1, -0.05) is 0 Å². The highest BCUT2D eigenvalue weighted by Crippen LogP contribution is 2.24. The van der Waals surface area contributed by atoms with Crippen LogP contribution in [0.15, 0.2) is 58.8 Å². The van der Waals surface area contributed by atoms with Gasteiger partial charge in [0, 0.05) is 63.2 Å². The monoisotopic (exact) mass is 617 g/mol. The van der Waals surface area contributed by atoms with E-state index < -0.39 is 19.7 Å². The molecule has 0 atom stereocenters. The van der Waals surface area contributed by atoms with Crippen LogP contribution < -0.4 is 10.2 Å². The second-order valence-corrected chi connectivity index (χ2v) is 12.0. The molecule has 0 heterocycles. The van der Waals surface area contributed by atoms with Gasteiger partial charge in [0.05, 0.1) is 29.3 Å². The Morgan fingerprint density at radius 1 is 0.884 bits per heavy atom. The fourth-order valence-electron chi connectivity index (χ4n) is 4.14. The molecule has 13 nitrogen and oxygen atoms in total. The first-order chi connectivity index (χ1) is 20.8. The predicted octanol–water partition coefficient (Wildman–Crippen LogP) is 5.71. The van der Waals surface area contributed by atoms with Crippen molar-refractivity contribution in [2.24, 2.45) is 10.2 Å². The number of azo groups is 1. The van der Waals surface area contributed by atoms with E-state index in [2.05, 4.69) is 15.5 Å². The maximum atomic E-state index is 12.2. The number of benzene rings is 2. The molecule has 2 aromatic rings. The molecule has 0 saturated heterocycles. The van der Waals surface area contributed by atoms with E-state index in [0.29, 0.717) is 63.3 Å². The Balaban J connectivity index is 1.70. The number of nitro groups is 1. The molecule has 1 amide bonds. The van der Waals surface area contributed by atoms with Gasteiger partial charge in [0.15, 0.2) is 0 Å². The summed E-state index contributed by atoms with van der Waals surface area (Å²) in [6.07, 6.45) is 0.706. The van der Waals surface area contributed by atoms with Crippen LogP contribution in [0.4, 0.5) is 22.7 Å². The standard InChI is InChI=1S/C29H43N5O8Si/c1-5-33(26-14-10-24(11-15-26)31-32-25-12-16-27(17-13-25)34(37)38)21-22-39-29(36)19-18-28(35)30-20-9-23-43(40-6-2,41-7-3)42-8-4/h10-17H,5-9,18-23H2,1-4H3,(H,30,35). The zero-order valence-electron chi connectivity index (χ0n) is 25.5. The van der Waals surface area contributed by atoms with Crippen molar-refractivity contribution in [3.63, 3.8) is 0 Å². The van der Waals surface area contributed by atoms with Crippen LogP contribution in [-0.2, 0) is 27.6 Å². The van der Waals surface area contributed by atoms with Gasteiger partial charge in [0.1, 0.15) is 6.61 Å². The number of anilines is 1. The van der Waals surface area contributed by atoms with E-state index in [1.807, 2.05) is 56.9 Å². The van der Waals surface area contributed by atoms with Gasteiger partial charge in [-0.3, -0.25) is 19.7 Å². The first-order valence-corrected chi connectivity index (χ1v) is 16.5. The number of likely N-dealkylation sites (N-methyl/N-ethyl adjacent to an activating group) is 1. The lowest BCUT2D eigenvalue weighted by Crippen LogP contribution is -2.46. The highest BCUT2D eigenvalue weighted by Gasteiger charge is 2.39. The Morgan fingerprint density at radius 3 is 1.95 bits per heavy atom. The number of ether oxygens (including phenoxy) is 1. The second kappa shape index (κ2) is 19.5. The van der Waals surface area contributed by atoms with E-state index in [1.165, 1.54) is 24.3 Å². The molecule has 0 radical (unpaired) electrons. The van der Waals surface area contributed by atoms with Crippen molar-refractivity contribution in [3.8, 4) is 0 Å². The molecule has 14 heteroatoms. The fourth-order valence-corrected chi connectivity index (χ4v) is 6.75. The lowest BCUT2D eigenvalue weighted by molar-refractivity contribution is -0.384. The Hall–Kier alpha value is -3.72. The summed E-state index contributed by atoms with van der Waals surface area (Å²) >= 11 is 0. The summed E-state index contributed by atoms with van der Waals surface area (Å²) in [7, 11) is -2.74. The zero-order chi connectivity index (χ0) is 31.5. The number of carbonyl (C=O) groups excluding carboxylic acids is 2. The van der Waals surface area contributed by atoms with E-state index in [0.717, 1.165) is 5.69 Å². The highest BCUT2D eigenvalue weighted by atomic mass is 28.4. The summed E-state index contributed by atoms with van der Waals surface area (Å²) in [6, 6.07) is 13.8. The summed E-state index contributed by atoms with van der Waals surface area (Å²) in [4.78, 5) is 36.7. The quantitative estimate of drug-likeness (QED) is 0.0463. The maximum absolute atomic E-state index is 12.2. The molecular weight excluding hydrogens is 574 g/mol. The SMILES string of the molecule is CCO[Si](CCCNC(=O)CCC(=O)OCCN(CC)c1ccc(N=Nc2ccc([N+](=O)[O-])cc2)cc1)(OCC)OCC. The minimum absolute atomic E-state index is 0.00193. The molecule has 0 fully saturated rings. The number of amides is 1. The third-order valence-corrected chi connectivity index (χ3v) is 9.34. The Labute approximate surface area is 254 Å². The van der Waals surface area contributed by atoms with Crippen LogP contribution in [-0.4, -0.2) is 71.7 Å². The molecule has 236 valence electrons. The normalized spacial score (nSPS) is 11.4. The summed E-state index contributed by atoms with van der Waals surface area (Å²) < 4.78 is 22.8. The van der Waals surface area contributed by atoms with Crippen molar-refractivity contribution in [1.29, 1.82) is 0 Å². The average molecular weight is 618 g/mol. The molecule has 0 spiro atoms. The maximum Gasteiger partial charge on any atom is 0.500 e. The topological polar surface area (TPSA) is 154 Å². The van der Waals surface area contributed by atoms with Crippen LogP contribution in [0.3, 0.4) is 0 Å². The predicted molar refractivity (Wildman–Crippen MR) is 165 cm³/mol. The van der Waals surface area contributed by atoms with Crippen molar-refractivity contribution in [2.45, 2.75) is 53.0 Å². The van der Waals surface area contributed by atoms with Crippen LogP contribution in [0.5, 0.6) is 0 Å². The van der Waals surface area contributed by atoms with E-state index in [-0.39, 0.29) is 31.0 Å². The number of nitrogens with one attached hydrogen (secondary N) is 1. The molecule has 0 aliphatic heterocycles. The number of nitro benzene ring substituents is 1. The molecule has 0 unspecified atom stereocenters. The molecule has 0 saturated carbocycles. The van der Waals surface area contributed by atoms with Gasteiger partial charge < -0.3 is 28.2 Å². The molecule has 0 bridgehead atoms. The van der Waals surface area contributed by atoms with Crippen molar-refractivity contribution in [1.82, 2.24) is 5.32 Å². The Morgan fingerprint density at radius 2 is 1.44 bits per heavy atom. The third kappa shape index (κ3) is 13.0. The molecule has 0 aliphatic carbocycles. The van der Waals surface area contributed by atoms with Gasteiger partial charge in [0.25, 0.3) is 5.69 Å². The molecule has 0 aliphatic rings. The fraction of sp³-hybridized carbons (Fsp3) is 0.517. The minimum Gasteiger partial charge on any atom is -0.464 e. The van der Waals surface area contributed by atoms with Gasteiger partial charge in [-0.25, -0.2) is 0 Å². The number of nitrogens with zero attached hydrogens (tertiary/aromatic N) is 4. The molecule has 2 aromatic carbocycles. The summed E-state index contributed by atoms with van der Waals surface area (Å²) in [5, 5.41) is 21.9. The van der Waals surface area contributed by atoms with Crippen LogP contribution in [0.1, 0.15) is 47.0 Å². The minimum atomic E-state index is -2.74.